The van der Waals surface area contributed by atoms with Gasteiger partial charge in [-0.05, 0) is 36.8 Å². The molecule has 0 aliphatic heterocycles. The number of thiophene rings is 1. The number of pyridine rings is 1. The molecule has 0 aliphatic carbocycles. The van der Waals surface area contributed by atoms with Gasteiger partial charge in [-0.1, -0.05) is 30.3 Å². The lowest BCUT2D eigenvalue weighted by atomic mass is 10.2. The van der Waals surface area contributed by atoms with Crippen molar-refractivity contribution in [2.45, 2.75) is 13.5 Å². The second kappa shape index (κ2) is 9.59. The number of benzene rings is 2. The van der Waals surface area contributed by atoms with Gasteiger partial charge in [-0.3, -0.25) is 23.9 Å². The highest BCUT2D eigenvalue weighted by Gasteiger charge is 2.20. The third kappa shape index (κ3) is 4.41. The Bertz CT molecular complexity index is 1690. The van der Waals surface area contributed by atoms with Crippen molar-refractivity contribution in [1.82, 2.24) is 14.5 Å². The number of aromatic nitrogens is 3. The number of aryl methyl sites for hydroxylation is 1. The Labute approximate surface area is 209 Å². The summed E-state index contributed by atoms with van der Waals surface area (Å²) >= 11 is 1.13. The molecule has 10 heteroatoms. The fourth-order valence-electron chi connectivity index (χ4n) is 3.91. The highest BCUT2D eigenvalue weighted by atomic mass is 32.1. The second-order valence-corrected chi connectivity index (χ2v) is 9.03. The van der Waals surface area contributed by atoms with Gasteiger partial charge in [0.2, 0.25) is 5.91 Å². The summed E-state index contributed by atoms with van der Waals surface area (Å²) in [7, 11) is 1.51. The molecule has 0 fully saturated rings. The molecule has 0 radical (unpaired) electrons. The SMILES string of the molecule is COc1ccccc1NC(=O)Cn1cnc2sc(C(=O)Nc3cnc4ccccc4c3)c(C)c2c1=O. The Hall–Kier alpha value is -4.57. The zero-order chi connectivity index (χ0) is 25.2. The van der Waals surface area contributed by atoms with Crippen molar-refractivity contribution in [2.24, 2.45) is 0 Å². The molecule has 0 atom stereocenters. The monoisotopic (exact) mass is 499 g/mol. The van der Waals surface area contributed by atoms with Crippen LogP contribution in [0.3, 0.4) is 0 Å². The van der Waals surface area contributed by atoms with Gasteiger partial charge in [0.05, 0.1) is 46.8 Å². The largest absolute Gasteiger partial charge is 0.495 e. The maximum atomic E-state index is 13.2. The van der Waals surface area contributed by atoms with Crippen LogP contribution in [0.15, 0.2) is 71.9 Å². The van der Waals surface area contributed by atoms with Crippen LogP contribution in [0.4, 0.5) is 11.4 Å². The van der Waals surface area contributed by atoms with E-state index >= 15 is 0 Å². The minimum atomic E-state index is -0.405. The first-order chi connectivity index (χ1) is 17.4. The summed E-state index contributed by atoms with van der Waals surface area (Å²) in [6.07, 6.45) is 2.91. The van der Waals surface area contributed by atoms with E-state index in [9.17, 15) is 14.4 Å². The molecular formula is C26H21N5O4S. The van der Waals surface area contributed by atoms with Crippen LogP contribution < -0.4 is 20.9 Å². The van der Waals surface area contributed by atoms with E-state index in [0.29, 0.717) is 37.8 Å². The molecule has 3 heterocycles. The first-order valence-electron chi connectivity index (χ1n) is 11.0. The standard InChI is InChI=1S/C26H21N5O4S/c1-15-22-25(36-23(15)24(33)29-17-11-16-7-3-4-8-18(16)27-12-17)28-14-31(26(22)34)13-21(32)30-19-9-5-6-10-20(19)35-2/h3-12,14H,13H2,1-2H3,(H,29,33)(H,30,32). The van der Waals surface area contributed by atoms with Gasteiger partial charge in [0.1, 0.15) is 17.1 Å². The number of hydrogen-bond acceptors (Lipinski definition) is 7. The van der Waals surface area contributed by atoms with Crippen molar-refractivity contribution in [2.75, 3.05) is 17.7 Å². The summed E-state index contributed by atoms with van der Waals surface area (Å²) in [6.45, 7) is 1.47. The van der Waals surface area contributed by atoms with E-state index in [2.05, 4.69) is 20.6 Å². The van der Waals surface area contributed by atoms with Crippen LogP contribution in [0.5, 0.6) is 5.75 Å². The molecule has 36 heavy (non-hydrogen) atoms. The van der Waals surface area contributed by atoms with Gasteiger partial charge in [0.15, 0.2) is 0 Å². The third-order valence-electron chi connectivity index (χ3n) is 5.67. The molecule has 2 amide bonds. The highest BCUT2D eigenvalue weighted by molar-refractivity contribution is 7.20. The molecule has 2 aromatic carbocycles. The Balaban J connectivity index is 1.39. The molecule has 3 aromatic heterocycles. The predicted octanol–water partition coefficient (Wildman–Crippen LogP) is 4.21. The van der Waals surface area contributed by atoms with Gasteiger partial charge in [-0.25, -0.2) is 4.98 Å². The summed E-state index contributed by atoms with van der Waals surface area (Å²) in [6, 6.07) is 16.4. The van der Waals surface area contributed by atoms with Crippen LogP contribution in [0, 0.1) is 6.92 Å². The summed E-state index contributed by atoms with van der Waals surface area (Å²) in [5.41, 5.74) is 2.00. The van der Waals surface area contributed by atoms with Crippen LogP contribution >= 0.6 is 11.3 Å². The molecule has 0 bridgehead atoms. The number of nitrogens with one attached hydrogen (secondary N) is 2. The average molecular weight is 500 g/mol. The number of hydrogen-bond donors (Lipinski definition) is 2. The van der Waals surface area contributed by atoms with Crippen LogP contribution in [0.2, 0.25) is 0 Å². The van der Waals surface area contributed by atoms with Crippen LogP contribution in [0.1, 0.15) is 15.2 Å². The number of carbonyl (C=O) groups is 2. The van der Waals surface area contributed by atoms with E-state index < -0.39 is 11.5 Å². The number of nitrogens with zero attached hydrogens (tertiary/aromatic N) is 3. The average Bonchev–Trinajstić information content (AvgIpc) is 3.23. The molecule has 5 rings (SSSR count). The zero-order valence-corrected chi connectivity index (χ0v) is 20.3. The van der Waals surface area contributed by atoms with E-state index in [1.807, 2.05) is 30.3 Å². The number of methoxy groups -OCH3 is 1. The predicted molar refractivity (Wildman–Crippen MR) is 140 cm³/mol. The third-order valence-corrected chi connectivity index (χ3v) is 6.87. The molecule has 9 nitrogen and oxygen atoms in total. The smallest absolute Gasteiger partial charge is 0.266 e. The van der Waals surface area contributed by atoms with Gasteiger partial charge < -0.3 is 15.4 Å². The number of anilines is 2. The van der Waals surface area contributed by atoms with E-state index in [0.717, 1.165) is 22.2 Å². The minimum Gasteiger partial charge on any atom is -0.495 e. The summed E-state index contributed by atoms with van der Waals surface area (Å²) in [5, 5.41) is 6.81. The topological polar surface area (TPSA) is 115 Å². The molecule has 2 N–H and O–H groups in total. The number of amides is 2. The van der Waals surface area contributed by atoms with E-state index in [1.54, 1.807) is 37.4 Å². The Morgan fingerprint density at radius 1 is 1.06 bits per heavy atom. The number of ether oxygens (including phenoxy) is 1. The first kappa shape index (κ1) is 23.2. The molecule has 0 aliphatic rings. The van der Waals surface area contributed by atoms with Gasteiger partial charge in [0.25, 0.3) is 11.5 Å². The van der Waals surface area contributed by atoms with E-state index in [4.69, 9.17) is 4.74 Å². The highest BCUT2D eigenvalue weighted by Crippen LogP contribution is 2.28. The number of fused-ring (bicyclic) bond motifs is 2. The number of carbonyl (C=O) groups excluding carboxylic acids is 2. The fraction of sp³-hybridized carbons (Fsp3) is 0.115. The fourth-order valence-corrected chi connectivity index (χ4v) is 4.94. The molecule has 180 valence electrons. The van der Waals surface area contributed by atoms with Crippen molar-refractivity contribution in [3.05, 3.63) is 87.9 Å². The molecular weight excluding hydrogens is 478 g/mol. The quantitative estimate of drug-likeness (QED) is 0.362. The Morgan fingerprint density at radius 3 is 2.67 bits per heavy atom. The molecule has 0 saturated carbocycles. The molecule has 0 unspecified atom stereocenters. The normalized spacial score (nSPS) is 10.9. The van der Waals surface area contributed by atoms with E-state index in [1.165, 1.54) is 18.0 Å². The van der Waals surface area contributed by atoms with Gasteiger partial charge in [-0.2, -0.15) is 0 Å². The maximum absolute atomic E-state index is 13.2. The Kier molecular flexibility index (Phi) is 6.17. The summed E-state index contributed by atoms with van der Waals surface area (Å²) < 4.78 is 6.47. The lowest BCUT2D eigenvalue weighted by Crippen LogP contribution is -2.28. The lowest BCUT2D eigenvalue weighted by molar-refractivity contribution is -0.116. The lowest BCUT2D eigenvalue weighted by Gasteiger charge is -2.10. The first-order valence-corrected chi connectivity index (χ1v) is 11.8. The summed E-state index contributed by atoms with van der Waals surface area (Å²) in [4.78, 5) is 48.3. The van der Waals surface area contributed by atoms with Gasteiger partial charge in [-0.15, -0.1) is 11.3 Å². The van der Waals surface area contributed by atoms with Crippen molar-refractivity contribution < 1.29 is 14.3 Å². The second-order valence-electron chi connectivity index (χ2n) is 8.03. The number of rotatable bonds is 6. The minimum absolute atomic E-state index is 0.237. The molecule has 5 aromatic rings. The van der Waals surface area contributed by atoms with Crippen molar-refractivity contribution in [1.29, 1.82) is 0 Å². The van der Waals surface area contributed by atoms with Gasteiger partial charge >= 0.3 is 0 Å². The molecule has 0 saturated heterocycles. The van der Waals surface area contributed by atoms with Gasteiger partial charge in [0, 0.05) is 5.39 Å². The van der Waals surface area contributed by atoms with Crippen LogP contribution in [-0.2, 0) is 11.3 Å². The van der Waals surface area contributed by atoms with Crippen LogP contribution in [-0.4, -0.2) is 33.5 Å². The van der Waals surface area contributed by atoms with Crippen molar-refractivity contribution in [3.8, 4) is 5.75 Å². The summed E-state index contributed by atoms with van der Waals surface area (Å²) in [5.74, 6) is -0.248. The van der Waals surface area contributed by atoms with E-state index in [-0.39, 0.29) is 12.5 Å². The van der Waals surface area contributed by atoms with Crippen molar-refractivity contribution >= 4 is 55.6 Å². The zero-order valence-electron chi connectivity index (χ0n) is 19.4. The molecule has 0 spiro atoms. The maximum Gasteiger partial charge on any atom is 0.266 e. The number of para-hydroxylation sites is 3. The van der Waals surface area contributed by atoms with Crippen molar-refractivity contribution in [3.63, 3.8) is 0 Å². The Morgan fingerprint density at radius 2 is 1.83 bits per heavy atom. The van der Waals surface area contributed by atoms with Crippen LogP contribution in [0.25, 0.3) is 21.1 Å².